The number of aromatic nitrogens is 2. The third kappa shape index (κ3) is 3.52. The molecule has 2 heterocycles. The van der Waals surface area contributed by atoms with Gasteiger partial charge in [-0.25, -0.2) is 9.97 Å². The Morgan fingerprint density at radius 2 is 2.10 bits per heavy atom. The minimum atomic E-state index is 0.271. The van der Waals surface area contributed by atoms with Crippen LogP contribution in [0.4, 0.5) is 5.95 Å². The second-order valence-electron chi connectivity index (χ2n) is 6.27. The Morgan fingerprint density at radius 1 is 1.29 bits per heavy atom. The molecule has 3 rings (SSSR count). The number of anilines is 1. The third-order valence-electron chi connectivity index (χ3n) is 4.58. The second-order valence-corrected chi connectivity index (χ2v) is 6.27. The third-order valence-corrected chi connectivity index (χ3v) is 4.58. The van der Waals surface area contributed by atoms with Crippen molar-refractivity contribution in [3.8, 4) is 0 Å². The van der Waals surface area contributed by atoms with Crippen LogP contribution in [0, 0.1) is 12.8 Å². The van der Waals surface area contributed by atoms with Crippen molar-refractivity contribution in [2.45, 2.75) is 51.5 Å². The molecule has 114 valence electrons. The molecule has 2 aliphatic rings. The molecule has 1 saturated heterocycles. The first kappa shape index (κ1) is 14.3. The molecule has 1 amide bonds. The van der Waals surface area contributed by atoms with Crippen LogP contribution in [-0.2, 0) is 4.79 Å². The number of aryl methyl sites for hydroxylation is 1. The highest BCUT2D eigenvalue weighted by atomic mass is 16.2. The van der Waals surface area contributed by atoms with Gasteiger partial charge in [-0.1, -0.05) is 19.3 Å². The summed E-state index contributed by atoms with van der Waals surface area (Å²) >= 11 is 0. The number of nitrogens with zero attached hydrogens (tertiary/aromatic N) is 3. The summed E-state index contributed by atoms with van der Waals surface area (Å²) in [5.74, 6) is 1.31. The summed E-state index contributed by atoms with van der Waals surface area (Å²) < 4.78 is 0. The van der Waals surface area contributed by atoms with Gasteiger partial charge in [-0.2, -0.15) is 0 Å². The van der Waals surface area contributed by atoms with Gasteiger partial charge in [-0.15, -0.1) is 0 Å². The van der Waals surface area contributed by atoms with Crippen molar-refractivity contribution >= 4 is 11.9 Å². The zero-order chi connectivity index (χ0) is 14.7. The van der Waals surface area contributed by atoms with E-state index in [0.717, 1.165) is 38.0 Å². The molecule has 5 nitrogen and oxygen atoms in total. The van der Waals surface area contributed by atoms with E-state index in [1.807, 2.05) is 17.9 Å². The normalized spacial score (nSPS) is 23.3. The highest BCUT2D eigenvalue weighted by molar-refractivity contribution is 5.79. The van der Waals surface area contributed by atoms with E-state index in [4.69, 9.17) is 0 Å². The Hall–Kier alpha value is -1.65. The minimum Gasteiger partial charge on any atom is -0.350 e. The number of hydrogen-bond donors (Lipinski definition) is 1. The van der Waals surface area contributed by atoms with Crippen LogP contribution in [0.15, 0.2) is 12.3 Å². The standard InChI is InChI=1S/C16H24N4O/c1-12-7-9-17-16(18-12)19-14-8-10-20(11-14)15(21)13-5-3-2-4-6-13/h7,9,13-14H,2-6,8,10-11H2,1H3,(H,17,18,19). The zero-order valence-electron chi connectivity index (χ0n) is 12.7. The number of rotatable bonds is 3. The summed E-state index contributed by atoms with van der Waals surface area (Å²) in [4.78, 5) is 23.2. The van der Waals surface area contributed by atoms with Gasteiger partial charge in [0.1, 0.15) is 0 Å². The van der Waals surface area contributed by atoms with Gasteiger partial charge in [0.15, 0.2) is 0 Å². The number of hydrogen-bond acceptors (Lipinski definition) is 4. The van der Waals surface area contributed by atoms with Crippen molar-refractivity contribution in [3.63, 3.8) is 0 Å². The molecular weight excluding hydrogens is 264 g/mol. The van der Waals surface area contributed by atoms with Crippen LogP contribution in [0.3, 0.4) is 0 Å². The zero-order valence-corrected chi connectivity index (χ0v) is 12.7. The van der Waals surface area contributed by atoms with Crippen LogP contribution in [-0.4, -0.2) is 39.9 Å². The molecule has 0 aromatic carbocycles. The summed E-state index contributed by atoms with van der Waals surface area (Å²) in [6.07, 6.45) is 8.62. The maximum Gasteiger partial charge on any atom is 0.225 e. The van der Waals surface area contributed by atoms with Crippen molar-refractivity contribution in [2.24, 2.45) is 5.92 Å². The number of amides is 1. The molecule has 1 saturated carbocycles. The largest absolute Gasteiger partial charge is 0.350 e. The van der Waals surface area contributed by atoms with Gasteiger partial charge in [-0.05, 0) is 32.3 Å². The average Bonchev–Trinajstić information content (AvgIpc) is 2.96. The molecule has 1 aromatic heterocycles. The number of likely N-dealkylation sites (tertiary alicyclic amines) is 1. The average molecular weight is 288 g/mol. The molecule has 21 heavy (non-hydrogen) atoms. The van der Waals surface area contributed by atoms with E-state index in [1.165, 1.54) is 19.3 Å². The molecule has 0 spiro atoms. The Bertz CT molecular complexity index is 499. The summed E-state index contributed by atoms with van der Waals surface area (Å²) in [7, 11) is 0. The lowest BCUT2D eigenvalue weighted by Gasteiger charge is -2.26. The van der Waals surface area contributed by atoms with Gasteiger partial charge < -0.3 is 10.2 Å². The lowest BCUT2D eigenvalue weighted by molar-refractivity contribution is -0.135. The van der Waals surface area contributed by atoms with Gasteiger partial charge in [0.25, 0.3) is 0 Å². The van der Waals surface area contributed by atoms with E-state index in [9.17, 15) is 4.79 Å². The Kier molecular flexibility index (Phi) is 4.36. The Labute approximate surface area is 126 Å². The Morgan fingerprint density at radius 3 is 2.86 bits per heavy atom. The van der Waals surface area contributed by atoms with Gasteiger partial charge in [0.2, 0.25) is 11.9 Å². The molecule has 1 aliphatic heterocycles. The fraction of sp³-hybridized carbons (Fsp3) is 0.688. The van der Waals surface area contributed by atoms with Gasteiger partial charge in [-0.3, -0.25) is 4.79 Å². The predicted molar refractivity (Wildman–Crippen MR) is 82.0 cm³/mol. The highest BCUT2D eigenvalue weighted by Gasteiger charge is 2.31. The van der Waals surface area contributed by atoms with Crippen molar-refractivity contribution in [3.05, 3.63) is 18.0 Å². The first-order valence-electron chi connectivity index (χ1n) is 8.07. The van der Waals surface area contributed by atoms with Gasteiger partial charge >= 0.3 is 0 Å². The molecule has 0 radical (unpaired) electrons. The minimum absolute atomic E-state index is 0.271. The van der Waals surface area contributed by atoms with Crippen molar-refractivity contribution in [1.29, 1.82) is 0 Å². The summed E-state index contributed by atoms with van der Waals surface area (Å²) in [6.45, 7) is 3.60. The van der Waals surface area contributed by atoms with Gasteiger partial charge in [0, 0.05) is 36.9 Å². The molecule has 2 fully saturated rings. The fourth-order valence-corrected chi connectivity index (χ4v) is 3.39. The molecule has 5 heteroatoms. The molecule has 1 aromatic rings. The molecule has 1 atom stereocenters. The van der Waals surface area contributed by atoms with E-state index >= 15 is 0 Å². The lowest BCUT2D eigenvalue weighted by atomic mass is 9.88. The molecular formula is C16H24N4O. The van der Waals surface area contributed by atoms with Crippen molar-refractivity contribution < 1.29 is 4.79 Å². The van der Waals surface area contributed by atoms with Crippen molar-refractivity contribution in [2.75, 3.05) is 18.4 Å². The van der Waals surface area contributed by atoms with E-state index in [0.29, 0.717) is 11.9 Å². The van der Waals surface area contributed by atoms with Crippen LogP contribution in [0.25, 0.3) is 0 Å². The quantitative estimate of drug-likeness (QED) is 0.927. The van der Waals surface area contributed by atoms with Crippen LogP contribution in [0.1, 0.15) is 44.2 Å². The molecule has 0 bridgehead atoms. The van der Waals surface area contributed by atoms with E-state index in [1.54, 1.807) is 6.20 Å². The first-order valence-corrected chi connectivity index (χ1v) is 8.07. The summed E-state index contributed by atoms with van der Waals surface area (Å²) in [5.41, 5.74) is 0.959. The fourth-order valence-electron chi connectivity index (χ4n) is 3.39. The summed E-state index contributed by atoms with van der Waals surface area (Å²) in [6, 6.07) is 2.16. The maximum absolute atomic E-state index is 12.5. The smallest absolute Gasteiger partial charge is 0.225 e. The number of nitrogens with one attached hydrogen (secondary N) is 1. The van der Waals surface area contributed by atoms with Gasteiger partial charge in [0.05, 0.1) is 0 Å². The first-order chi connectivity index (χ1) is 10.2. The van der Waals surface area contributed by atoms with E-state index < -0.39 is 0 Å². The predicted octanol–water partition coefficient (Wildman–Crippen LogP) is 2.38. The maximum atomic E-state index is 12.5. The Balaban J connectivity index is 1.54. The van der Waals surface area contributed by atoms with Crippen LogP contribution in [0.5, 0.6) is 0 Å². The summed E-state index contributed by atoms with van der Waals surface area (Å²) in [5, 5.41) is 3.35. The van der Waals surface area contributed by atoms with Crippen LogP contribution >= 0.6 is 0 Å². The SMILES string of the molecule is Cc1ccnc(NC2CCN(C(=O)C3CCCCC3)C2)n1. The monoisotopic (exact) mass is 288 g/mol. The van der Waals surface area contributed by atoms with E-state index in [-0.39, 0.29) is 12.0 Å². The molecule has 1 aliphatic carbocycles. The topological polar surface area (TPSA) is 58.1 Å². The highest BCUT2D eigenvalue weighted by Crippen LogP contribution is 2.27. The van der Waals surface area contributed by atoms with Crippen LogP contribution in [0.2, 0.25) is 0 Å². The molecule has 1 unspecified atom stereocenters. The molecule has 1 N–H and O–H groups in total. The second kappa shape index (κ2) is 6.41. The van der Waals surface area contributed by atoms with E-state index in [2.05, 4.69) is 15.3 Å². The number of carbonyl (C=O) groups is 1. The number of carbonyl (C=O) groups excluding carboxylic acids is 1. The van der Waals surface area contributed by atoms with Crippen LogP contribution < -0.4 is 5.32 Å². The lowest BCUT2D eigenvalue weighted by Crippen LogP contribution is -2.37. The van der Waals surface area contributed by atoms with Crippen molar-refractivity contribution in [1.82, 2.24) is 14.9 Å².